The third-order valence-electron chi connectivity index (χ3n) is 6.62. The molecule has 0 spiro atoms. The van der Waals surface area contributed by atoms with Gasteiger partial charge in [0, 0.05) is 34.4 Å². The summed E-state index contributed by atoms with van der Waals surface area (Å²) in [7, 11) is 0. The number of amides is 1. The summed E-state index contributed by atoms with van der Waals surface area (Å²) in [5, 5.41) is 13.6. The molecule has 5 rings (SSSR count). The number of benzene rings is 3. The van der Waals surface area contributed by atoms with Crippen LogP contribution in [0.1, 0.15) is 48.2 Å². The molecular weight excluding hydrogens is 540 g/mol. The Morgan fingerprint density at radius 1 is 1.00 bits per heavy atom. The summed E-state index contributed by atoms with van der Waals surface area (Å²) in [5.74, 6) is 1.28. The molecule has 2 heterocycles. The Balaban J connectivity index is 1.57. The van der Waals surface area contributed by atoms with Gasteiger partial charge in [-0.1, -0.05) is 76.6 Å². The second kappa shape index (κ2) is 10.9. The Kier molecular flexibility index (Phi) is 7.44. The SMILES string of the molecule is CC(C)(N)C(=O)NC(Cc1c[nH]c2ccccc12)c1nnc(Cc2ccccc2)n1Cc1ccc(Br)cc1. The number of hydrogen-bond acceptors (Lipinski definition) is 4. The number of nitrogens with one attached hydrogen (secondary N) is 2. The van der Waals surface area contributed by atoms with E-state index in [1.54, 1.807) is 13.8 Å². The number of nitrogens with two attached hydrogens (primary N) is 1. The third kappa shape index (κ3) is 5.87. The monoisotopic (exact) mass is 570 g/mol. The largest absolute Gasteiger partial charge is 0.361 e. The lowest BCUT2D eigenvalue weighted by atomic mass is 10.0. The molecule has 4 N–H and O–H groups in total. The Morgan fingerprint density at radius 2 is 1.71 bits per heavy atom. The van der Waals surface area contributed by atoms with Gasteiger partial charge >= 0.3 is 0 Å². The lowest BCUT2D eigenvalue weighted by Crippen LogP contribution is -2.50. The molecule has 1 amide bonds. The van der Waals surface area contributed by atoms with Crippen molar-refractivity contribution in [3.8, 4) is 0 Å². The number of fused-ring (bicyclic) bond motifs is 1. The van der Waals surface area contributed by atoms with Crippen molar-refractivity contribution in [2.24, 2.45) is 5.73 Å². The van der Waals surface area contributed by atoms with Gasteiger partial charge in [0.2, 0.25) is 5.91 Å². The van der Waals surface area contributed by atoms with Gasteiger partial charge in [-0.25, -0.2) is 0 Å². The average molecular weight is 572 g/mol. The van der Waals surface area contributed by atoms with Crippen molar-refractivity contribution in [3.63, 3.8) is 0 Å². The smallest absolute Gasteiger partial charge is 0.240 e. The van der Waals surface area contributed by atoms with E-state index in [4.69, 9.17) is 5.73 Å². The molecule has 38 heavy (non-hydrogen) atoms. The maximum atomic E-state index is 13.1. The first-order valence-corrected chi connectivity index (χ1v) is 13.4. The molecule has 0 saturated carbocycles. The summed E-state index contributed by atoms with van der Waals surface area (Å²) in [4.78, 5) is 16.5. The zero-order chi connectivity index (χ0) is 26.7. The van der Waals surface area contributed by atoms with Gasteiger partial charge in [-0.05, 0) is 48.7 Å². The quantitative estimate of drug-likeness (QED) is 0.224. The standard InChI is InChI=1S/C30H31BrN6O/c1-30(2,32)29(38)34-26(17-22-18-33-25-11-7-6-10-24(22)25)28-36-35-27(16-20-8-4-3-5-9-20)37(28)19-21-12-14-23(31)15-13-21/h3-15,18,26,33H,16-17,19,32H2,1-2H3,(H,34,38). The molecule has 1 atom stereocenters. The molecule has 0 aliphatic carbocycles. The fourth-order valence-electron chi connectivity index (χ4n) is 4.53. The molecule has 3 aromatic carbocycles. The van der Waals surface area contributed by atoms with Gasteiger partial charge in [0.15, 0.2) is 5.82 Å². The van der Waals surface area contributed by atoms with Gasteiger partial charge in [0.25, 0.3) is 0 Å². The summed E-state index contributed by atoms with van der Waals surface area (Å²) >= 11 is 3.52. The number of nitrogens with zero attached hydrogens (tertiary/aromatic N) is 3. The number of halogens is 1. The minimum Gasteiger partial charge on any atom is -0.361 e. The molecule has 0 bridgehead atoms. The summed E-state index contributed by atoms with van der Waals surface area (Å²) in [6.07, 6.45) is 3.16. The fourth-order valence-corrected chi connectivity index (χ4v) is 4.80. The number of carbonyl (C=O) groups excluding carboxylic acids is 1. The van der Waals surface area contributed by atoms with Crippen molar-refractivity contribution in [1.82, 2.24) is 25.1 Å². The minimum atomic E-state index is -1.04. The maximum absolute atomic E-state index is 13.1. The number of hydrogen-bond donors (Lipinski definition) is 3. The Morgan fingerprint density at radius 3 is 2.45 bits per heavy atom. The molecule has 0 aliphatic rings. The molecule has 8 heteroatoms. The van der Waals surface area contributed by atoms with Gasteiger partial charge in [-0.3, -0.25) is 4.79 Å². The summed E-state index contributed by atoms with van der Waals surface area (Å²) in [6.45, 7) is 3.99. The van der Waals surface area contributed by atoms with E-state index in [2.05, 4.69) is 71.3 Å². The van der Waals surface area contributed by atoms with Crippen molar-refractivity contribution >= 4 is 32.7 Å². The van der Waals surface area contributed by atoms with Crippen LogP contribution in [0.5, 0.6) is 0 Å². The third-order valence-corrected chi connectivity index (χ3v) is 7.14. The molecule has 194 valence electrons. The Labute approximate surface area is 230 Å². The molecule has 0 fully saturated rings. The second-order valence-corrected chi connectivity index (χ2v) is 11.1. The summed E-state index contributed by atoms with van der Waals surface area (Å²) < 4.78 is 3.14. The molecule has 7 nitrogen and oxygen atoms in total. The van der Waals surface area contributed by atoms with Crippen LogP contribution in [0.15, 0.2) is 89.5 Å². The fraction of sp³-hybridized carbons (Fsp3) is 0.233. The van der Waals surface area contributed by atoms with Crippen LogP contribution in [0.2, 0.25) is 0 Å². The normalized spacial score (nSPS) is 12.5. The van der Waals surface area contributed by atoms with Gasteiger partial charge < -0.3 is 20.6 Å². The van der Waals surface area contributed by atoms with Gasteiger partial charge in [0.1, 0.15) is 5.82 Å². The first-order valence-electron chi connectivity index (χ1n) is 12.6. The Hall–Kier alpha value is -3.75. The minimum absolute atomic E-state index is 0.245. The number of aromatic nitrogens is 4. The van der Waals surface area contributed by atoms with E-state index in [1.165, 1.54) is 0 Å². The first kappa shape index (κ1) is 25.9. The highest BCUT2D eigenvalue weighted by Crippen LogP contribution is 2.26. The Bertz CT molecular complexity index is 1530. The predicted octanol–water partition coefficient (Wildman–Crippen LogP) is 5.30. The van der Waals surface area contributed by atoms with E-state index >= 15 is 0 Å². The zero-order valence-electron chi connectivity index (χ0n) is 21.5. The van der Waals surface area contributed by atoms with Crippen LogP contribution in [0.25, 0.3) is 10.9 Å². The lowest BCUT2D eigenvalue weighted by molar-refractivity contribution is -0.126. The van der Waals surface area contributed by atoms with E-state index in [0.717, 1.165) is 37.9 Å². The van der Waals surface area contributed by atoms with Crippen molar-refractivity contribution < 1.29 is 4.79 Å². The van der Waals surface area contributed by atoms with E-state index in [-0.39, 0.29) is 5.91 Å². The van der Waals surface area contributed by atoms with Crippen LogP contribution < -0.4 is 11.1 Å². The number of rotatable bonds is 9. The van der Waals surface area contributed by atoms with Crippen LogP contribution in [-0.4, -0.2) is 31.2 Å². The van der Waals surface area contributed by atoms with E-state index in [9.17, 15) is 4.79 Å². The summed E-state index contributed by atoms with van der Waals surface area (Å²) in [6, 6.07) is 26.1. The molecule has 0 aliphatic heterocycles. The number of aromatic amines is 1. The topological polar surface area (TPSA) is 102 Å². The highest BCUT2D eigenvalue weighted by Gasteiger charge is 2.29. The predicted molar refractivity (Wildman–Crippen MR) is 154 cm³/mol. The number of carbonyl (C=O) groups is 1. The summed E-state index contributed by atoms with van der Waals surface area (Å²) in [5.41, 5.74) is 9.54. The average Bonchev–Trinajstić information content (AvgIpc) is 3.49. The number of para-hydroxylation sites is 1. The molecule has 0 saturated heterocycles. The van der Waals surface area contributed by atoms with Crippen molar-refractivity contribution in [3.05, 3.63) is 118 Å². The van der Waals surface area contributed by atoms with E-state index < -0.39 is 11.6 Å². The van der Waals surface area contributed by atoms with Crippen LogP contribution >= 0.6 is 15.9 Å². The maximum Gasteiger partial charge on any atom is 0.240 e. The zero-order valence-corrected chi connectivity index (χ0v) is 23.1. The number of H-pyrrole nitrogens is 1. The first-order chi connectivity index (χ1) is 18.3. The van der Waals surface area contributed by atoms with Crippen molar-refractivity contribution in [2.75, 3.05) is 0 Å². The van der Waals surface area contributed by atoms with Crippen LogP contribution in [-0.2, 0) is 24.2 Å². The molecule has 2 aromatic heterocycles. The molecule has 0 radical (unpaired) electrons. The van der Waals surface area contributed by atoms with Crippen LogP contribution in [0.3, 0.4) is 0 Å². The highest BCUT2D eigenvalue weighted by atomic mass is 79.9. The van der Waals surface area contributed by atoms with Gasteiger partial charge in [-0.15, -0.1) is 10.2 Å². The van der Waals surface area contributed by atoms with Crippen molar-refractivity contribution in [2.45, 2.75) is 44.8 Å². The van der Waals surface area contributed by atoms with E-state index in [1.807, 2.05) is 54.7 Å². The van der Waals surface area contributed by atoms with Crippen LogP contribution in [0.4, 0.5) is 0 Å². The van der Waals surface area contributed by atoms with Gasteiger partial charge in [-0.2, -0.15) is 0 Å². The van der Waals surface area contributed by atoms with Crippen molar-refractivity contribution in [1.29, 1.82) is 0 Å². The molecule has 5 aromatic rings. The highest BCUT2D eigenvalue weighted by molar-refractivity contribution is 9.10. The lowest BCUT2D eigenvalue weighted by Gasteiger charge is -2.25. The van der Waals surface area contributed by atoms with Gasteiger partial charge in [0.05, 0.1) is 18.1 Å². The van der Waals surface area contributed by atoms with E-state index in [0.29, 0.717) is 25.2 Å². The second-order valence-electron chi connectivity index (χ2n) is 10.2. The van der Waals surface area contributed by atoms with Crippen LogP contribution in [0, 0.1) is 0 Å². The molecular formula is C30H31BrN6O. The molecule has 1 unspecified atom stereocenters.